The summed E-state index contributed by atoms with van der Waals surface area (Å²) in [6.45, 7) is 5.39. The van der Waals surface area contributed by atoms with Gasteiger partial charge >= 0.3 is 12.0 Å². The maximum absolute atomic E-state index is 11.6. The smallest absolute Gasteiger partial charge is 0.326 e. The maximum atomic E-state index is 11.6. The minimum Gasteiger partial charge on any atom is -0.480 e. The number of thiazole rings is 1. The zero-order valence-electron chi connectivity index (χ0n) is 10.6. The maximum Gasteiger partial charge on any atom is 0.326 e. The molecule has 0 fully saturated rings. The Kier molecular flexibility index (Phi) is 5.08. The van der Waals surface area contributed by atoms with Gasteiger partial charge in [0, 0.05) is 11.1 Å². The molecule has 0 aliphatic carbocycles. The van der Waals surface area contributed by atoms with Crippen LogP contribution in [0.5, 0.6) is 0 Å². The van der Waals surface area contributed by atoms with Crippen LogP contribution in [0.4, 0.5) is 4.79 Å². The fraction of sp³-hybridized carbons (Fsp3) is 0.545. The van der Waals surface area contributed by atoms with Crippen LogP contribution in [0.15, 0.2) is 5.38 Å². The molecule has 7 heteroatoms. The Morgan fingerprint density at radius 2 is 2.17 bits per heavy atom. The van der Waals surface area contributed by atoms with E-state index in [0.29, 0.717) is 6.42 Å². The molecule has 0 spiro atoms. The molecule has 1 aromatic heterocycles. The van der Waals surface area contributed by atoms with Crippen molar-refractivity contribution >= 4 is 23.3 Å². The molecular weight excluding hydrogens is 254 g/mol. The Labute approximate surface area is 109 Å². The van der Waals surface area contributed by atoms with Gasteiger partial charge in [0.1, 0.15) is 11.0 Å². The molecule has 0 radical (unpaired) electrons. The zero-order chi connectivity index (χ0) is 13.7. The number of nitrogens with one attached hydrogen (secondary N) is 2. The number of aryl methyl sites for hydroxylation is 1. The Bertz CT molecular complexity index is 433. The lowest BCUT2D eigenvalue weighted by Crippen LogP contribution is -2.46. The Balaban J connectivity index is 2.52. The number of urea groups is 1. The number of aliphatic carboxylic acids is 1. The predicted octanol–water partition coefficient (Wildman–Crippen LogP) is 1.67. The predicted molar refractivity (Wildman–Crippen MR) is 68.6 cm³/mol. The second-order valence-corrected chi connectivity index (χ2v) is 4.86. The van der Waals surface area contributed by atoms with Crippen molar-refractivity contribution in [2.24, 2.45) is 0 Å². The minimum atomic E-state index is -1.04. The molecule has 1 heterocycles. The third-order valence-corrected chi connectivity index (χ3v) is 3.51. The molecular formula is C11H17N3O3S. The highest BCUT2D eigenvalue weighted by Crippen LogP contribution is 2.17. The van der Waals surface area contributed by atoms with Gasteiger partial charge in [-0.15, -0.1) is 11.3 Å². The Hall–Kier alpha value is -1.63. The van der Waals surface area contributed by atoms with Gasteiger partial charge in [0.2, 0.25) is 0 Å². The van der Waals surface area contributed by atoms with Gasteiger partial charge in [-0.1, -0.05) is 6.92 Å². The van der Waals surface area contributed by atoms with Gasteiger partial charge < -0.3 is 15.7 Å². The number of rotatable bonds is 5. The van der Waals surface area contributed by atoms with Crippen molar-refractivity contribution < 1.29 is 14.7 Å². The molecule has 1 aromatic rings. The average molecular weight is 271 g/mol. The van der Waals surface area contributed by atoms with E-state index in [1.54, 1.807) is 13.8 Å². The molecule has 0 aliphatic rings. The summed E-state index contributed by atoms with van der Waals surface area (Å²) in [4.78, 5) is 26.6. The van der Waals surface area contributed by atoms with E-state index >= 15 is 0 Å². The summed E-state index contributed by atoms with van der Waals surface area (Å²) in [6, 6.07) is -1.60. The first kappa shape index (κ1) is 14.4. The van der Waals surface area contributed by atoms with Crippen LogP contribution in [0.25, 0.3) is 0 Å². The highest BCUT2D eigenvalue weighted by Gasteiger charge is 2.19. The van der Waals surface area contributed by atoms with Gasteiger partial charge in [-0.3, -0.25) is 0 Å². The van der Waals surface area contributed by atoms with Crippen molar-refractivity contribution in [3.05, 3.63) is 16.1 Å². The number of carbonyl (C=O) groups is 2. The van der Waals surface area contributed by atoms with Crippen LogP contribution in [0.1, 0.15) is 37.0 Å². The summed E-state index contributed by atoms with van der Waals surface area (Å²) in [5.41, 5.74) is 0.904. The molecule has 2 atom stereocenters. The van der Waals surface area contributed by atoms with Crippen LogP contribution >= 0.6 is 11.3 Å². The van der Waals surface area contributed by atoms with Crippen molar-refractivity contribution in [2.75, 3.05) is 0 Å². The molecule has 1 unspecified atom stereocenters. The quantitative estimate of drug-likeness (QED) is 0.759. The molecule has 100 valence electrons. The van der Waals surface area contributed by atoms with E-state index in [4.69, 9.17) is 5.11 Å². The molecule has 2 amide bonds. The molecule has 0 bridgehead atoms. The molecule has 1 rings (SSSR count). The van der Waals surface area contributed by atoms with Crippen LogP contribution in [-0.2, 0) is 4.79 Å². The second kappa shape index (κ2) is 6.34. The summed E-state index contributed by atoms with van der Waals surface area (Å²) < 4.78 is 0. The lowest BCUT2D eigenvalue weighted by molar-refractivity contribution is -0.139. The number of hydrogen-bond donors (Lipinski definition) is 3. The van der Waals surface area contributed by atoms with Crippen molar-refractivity contribution in [2.45, 2.75) is 39.3 Å². The first-order valence-corrected chi connectivity index (χ1v) is 6.53. The summed E-state index contributed by atoms with van der Waals surface area (Å²) >= 11 is 1.46. The van der Waals surface area contributed by atoms with Crippen molar-refractivity contribution in [1.82, 2.24) is 15.6 Å². The van der Waals surface area contributed by atoms with Crippen LogP contribution in [0.2, 0.25) is 0 Å². The standard InChI is InChI=1S/C11H17N3O3S/c1-4-8(10(15)16)14-11(17)13-7(3)9-12-6(2)5-18-9/h5,7-8H,4H2,1-3H3,(H,15,16)(H2,13,14,17)/t7?,8-/m1/s1. The highest BCUT2D eigenvalue weighted by atomic mass is 32.1. The number of amides is 2. The molecule has 0 saturated carbocycles. The zero-order valence-corrected chi connectivity index (χ0v) is 11.4. The molecule has 3 N–H and O–H groups in total. The normalized spacial score (nSPS) is 13.7. The van der Waals surface area contributed by atoms with Crippen LogP contribution in [0.3, 0.4) is 0 Å². The monoisotopic (exact) mass is 271 g/mol. The van der Waals surface area contributed by atoms with Gasteiger partial charge in [0.05, 0.1) is 6.04 Å². The summed E-state index contributed by atoms with van der Waals surface area (Å²) in [7, 11) is 0. The number of aromatic nitrogens is 1. The number of carbonyl (C=O) groups excluding carboxylic acids is 1. The summed E-state index contributed by atoms with van der Waals surface area (Å²) in [5, 5.41) is 16.6. The second-order valence-electron chi connectivity index (χ2n) is 3.97. The van der Waals surface area contributed by atoms with E-state index < -0.39 is 18.0 Å². The van der Waals surface area contributed by atoms with E-state index in [1.807, 2.05) is 12.3 Å². The molecule has 0 aliphatic heterocycles. The van der Waals surface area contributed by atoms with Crippen molar-refractivity contribution in [1.29, 1.82) is 0 Å². The van der Waals surface area contributed by atoms with Crippen LogP contribution in [0, 0.1) is 6.92 Å². The van der Waals surface area contributed by atoms with E-state index in [1.165, 1.54) is 11.3 Å². The molecule has 18 heavy (non-hydrogen) atoms. The number of hydrogen-bond acceptors (Lipinski definition) is 4. The van der Waals surface area contributed by atoms with Gasteiger partial charge in [0.25, 0.3) is 0 Å². The SMILES string of the molecule is CC[C@@H](NC(=O)NC(C)c1nc(C)cs1)C(=O)O. The van der Waals surface area contributed by atoms with Crippen LogP contribution in [-0.4, -0.2) is 28.1 Å². The van der Waals surface area contributed by atoms with E-state index in [9.17, 15) is 9.59 Å². The third-order valence-electron chi connectivity index (χ3n) is 2.37. The van der Waals surface area contributed by atoms with Crippen molar-refractivity contribution in [3.63, 3.8) is 0 Å². The van der Waals surface area contributed by atoms with Gasteiger partial charge in [-0.05, 0) is 20.3 Å². The topological polar surface area (TPSA) is 91.3 Å². The molecule has 0 aromatic carbocycles. The summed E-state index contributed by atoms with van der Waals surface area (Å²) in [6.07, 6.45) is 0.341. The number of carboxylic acid groups (broad SMARTS) is 1. The lowest BCUT2D eigenvalue weighted by atomic mass is 10.2. The molecule has 0 saturated heterocycles. The fourth-order valence-electron chi connectivity index (χ4n) is 1.37. The Morgan fingerprint density at radius 3 is 2.61 bits per heavy atom. The summed E-state index contributed by atoms with van der Waals surface area (Å²) in [5.74, 6) is -1.04. The highest BCUT2D eigenvalue weighted by molar-refractivity contribution is 7.09. The van der Waals surface area contributed by atoms with Gasteiger partial charge in [-0.2, -0.15) is 0 Å². The third kappa shape index (κ3) is 3.99. The number of carboxylic acids is 1. The van der Waals surface area contributed by atoms with Crippen molar-refractivity contribution in [3.8, 4) is 0 Å². The Morgan fingerprint density at radius 1 is 1.50 bits per heavy atom. The first-order chi connectivity index (χ1) is 8.43. The van der Waals surface area contributed by atoms with E-state index in [0.717, 1.165) is 10.7 Å². The number of nitrogens with zero attached hydrogens (tertiary/aromatic N) is 1. The fourth-order valence-corrected chi connectivity index (χ4v) is 2.17. The van der Waals surface area contributed by atoms with Gasteiger partial charge in [0.15, 0.2) is 0 Å². The minimum absolute atomic E-state index is 0.241. The van der Waals surface area contributed by atoms with E-state index in [-0.39, 0.29) is 6.04 Å². The largest absolute Gasteiger partial charge is 0.480 e. The molecule has 6 nitrogen and oxygen atoms in total. The lowest BCUT2D eigenvalue weighted by Gasteiger charge is -2.16. The van der Waals surface area contributed by atoms with Gasteiger partial charge in [-0.25, -0.2) is 14.6 Å². The van der Waals surface area contributed by atoms with E-state index in [2.05, 4.69) is 15.6 Å². The van der Waals surface area contributed by atoms with Crippen LogP contribution < -0.4 is 10.6 Å². The first-order valence-electron chi connectivity index (χ1n) is 5.65. The average Bonchev–Trinajstić information content (AvgIpc) is 2.72.